The van der Waals surface area contributed by atoms with Crippen LogP contribution in [0.2, 0.25) is 0 Å². The Morgan fingerprint density at radius 2 is 2.00 bits per heavy atom. The predicted octanol–water partition coefficient (Wildman–Crippen LogP) is 2.20. The number of hydrogen-bond donors (Lipinski definition) is 1. The number of oxazole rings is 1. The van der Waals surface area contributed by atoms with E-state index in [1.807, 2.05) is 0 Å². The number of nitrogens with zero attached hydrogens (tertiary/aromatic N) is 3. The molecule has 0 unspecified atom stereocenters. The first-order valence-electron chi connectivity index (χ1n) is 8.80. The van der Waals surface area contributed by atoms with E-state index in [-0.39, 0.29) is 29.5 Å². The summed E-state index contributed by atoms with van der Waals surface area (Å²) in [5.74, 6) is -0.589. The largest absolute Gasteiger partial charge is 0.435 e. The monoisotopic (exact) mass is 430 g/mol. The number of aromatic nitrogens is 3. The van der Waals surface area contributed by atoms with Crippen LogP contribution >= 0.6 is 0 Å². The maximum absolute atomic E-state index is 12.9. The molecule has 3 aromatic rings. The number of benzene rings is 1. The summed E-state index contributed by atoms with van der Waals surface area (Å²) in [6.45, 7) is -0.170. The summed E-state index contributed by atoms with van der Waals surface area (Å²) in [6, 6.07) is 4.99. The molecule has 0 amide bonds. The zero-order valence-electron chi connectivity index (χ0n) is 15.2. The molecule has 0 saturated heterocycles. The van der Waals surface area contributed by atoms with Gasteiger partial charge in [0.15, 0.2) is 11.3 Å². The molecule has 156 valence electrons. The molecule has 2 aromatic heterocycles. The van der Waals surface area contributed by atoms with Crippen LogP contribution in [0.4, 0.5) is 13.2 Å². The van der Waals surface area contributed by atoms with Crippen molar-refractivity contribution in [2.45, 2.75) is 36.4 Å². The summed E-state index contributed by atoms with van der Waals surface area (Å²) in [5.41, 5.74) is 0.0532. The highest BCUT2D eigenvalue weighted by Gasteiger charge is 2.37. The van der Waals surface area contributed by atoms with Crippen molar-refractivity contribution in [1.29, 1.82) is 0 Å². The van der Waals surface area contributed by atoms with Crippen molar-refractivity contribution in [1.82, 2.24) is 19.1 Å². The summed E-state index contributed by atoms with van der Waals surface area (Å²) in [5, 5.41) is 3.60. The van der Waals surface area contributed by atoms with Crippen molar-refractivity contribution in [3.05, 3.63) is 46.2 Å². The first kappa shape index (κ1) is 19.7. The minimum Gasteiger partial charge on any atom is -0.408 e. The molecule has 1 N–H and O–H groups in total. The van der Waals surface area contributed by atoms with Gasteiger partial charge in [-0.1, -0.05) is 0 Å². The molecule has 1 aliphatic rings. The van der Waals surface area contributed by atoms with Gasteiger partial charge < -0.3 is 4.42 Å². The van der Waals surface area contributed by atoms with Gasteiger partial charge in [-0.3, -0.25) is 9.25 Å². The van der Waals surface area contributed by atoms with Gasteiger partial charge >= 0.3 is 11.9 Å². The Balaban J connectivity index is 1.51. The number of rotatable bonds is 6. The smallest absolute Gasteiger partial charge is 0.408 e. The summed E-state index contributed by atoms with van der Waals surface area (Å²) in [6.07, 6.45) is -2.97. The van der Waals surface area contributed by atoms with Gasteiger partial charge in [0.2, 0.25) is 10.0 Å². The lowest BCUT2D eigenvalue weighted by molar-refractivity contribution is -0.141. The molecule has 0 spiro atoms. The van der Waals surface area contributed by atoms with Crippen molar-refractivity contribution < 1.29 is 26.0 Å². The fourth-order valence-electron chi connectivity index (χ4n) is 3.10. The molecule has 4 rings (SSSR count). The van der Waals surface area contributed by atoms with Crippen LogP contribution in [-0.2, 0) is 29.8 Å². The van der Waals surface area contributed by atoms with Gasteiger partial charge in [0, 0.05) is 25.2 Å². The standard InChI is InChI=1S/C17H17F3N4O4S/c1-23-13-8-11(4-5-14(13)28-16(23)25)29(26,27)21-6-7-24-12(10-2-3-10)9-15(22-24)17(18,19)20/h4-5,8-10,21H,2-3,6-7H2,1H3. The van der Waals surface area contributed by atoms with Crippen LogP contribution in [0.1, 0.15) is 30.1 Å². The second-order valence-corrected chi connectivity index (χ2v) is 8.67. The topological polar surface area (TPSA) is 99.1 Å². The van der Waals surface area contributed by atoms with Crippen LogP contribution in [0.25, 0.3) is 11.1 Å². The highest BCUT2D eigenvalue weighted by Crippen LogP contribution is 2.42. The SMILES string of the molecule is Cn1c(=O)oc2ccc(S(=O)(=O)NCCn3nc(C(F)(F)F)cc3C3CC3)cc21. The Morgan fingerprint density at radius 3 is 2.66 bits per heavy atom. The Bertz CT molecular complexity index is 1240. The van der Waals surface area contributed by atoms with Gasteiger partial charge in [0.25, 0.3) is 0 Å². The molecule has 0 aliphatic heterocycles. The lowest BCUT2D eigenvalue weighted by atomic mass is 10.2. The van der Waals surface area contributed by atoms with E-state index in [2.05, 4.69) is 9.82 Å². The van der Waals surface area contributed by atoms with E-state index in [1.165, 1.54) is 34.5 Å². The Kier molecular flexibility index (Phi) is 4.57. The van der Waals surface area contributed by atoms with E-state index in [9.17, 15) is 26.4 Å². The lowest BCUT2D eigenvalue weighted by Gasteiger charge is -2.09. The number of aryl methyl sites for hydroxylation is 1. The van der Waals surface area contributed by atoms with Crippen molar-refractivity contribution in [2.24, 2.45) is 7.05 Å². The number of alkyl halides is 3. The molecule has 0 radical (unpaired) electrons. The zero-order chi connectivity index (χ0) is 21.0. The number of nitrogens with one attached hydrogen (secondary N) is 1. The van der Waals surface area contributed by atoms with Crippen LogP contribution in [0.5, 0.6) is 0 Å². The van der Waals surface area contributed by atoms with Crippen molar-refractivity contribution in [2.75, 3.05) is 6.54 Å². The van der Waals surface area contributed by atoms with Crippen molar-refractivity contribution in [3.8, 4) is 0 Å². The molecule has 1 fully saturated rings. The Morgan fingerprint density at radius 1 is 1.28 bits per heavy atom. The second kappa shape index (κ2) is 6.73. The van der Waals surface area contributed by atoms with E-state index in [4.69, 9.17) is 4.42 Å². The Labute approximate surface area is 163 Å². The van der Waals surface area contributed by atoms with E-state index < -0.39 is 27.6 Å². The molecule has 1 aromatic carbocycles. The third-order valence-corrected chi connectivity index (χ3v) is 6.24. The molecule has 12 heteroatoms. The normalized spacial score (nSPS) is 15.3. The van der Waals surface area contributed by atoms with E-state index in [0.29, 0.717) is 11.2 Å². The third-order valence-electron chi connectivity index (χ3n) is 4.79. The average Bonchev–Trinajstić information content (AvgIpc) is 3.32. The fraction of sp³-hybridized carbons (Fsp3) is 0.412. The van der Waals surface area contributed by atoms with Gasteiger partial charge in [-0.15, -0.1) is 0 Å². The molecule has 8 nitrogen and oxygen atoms in total. The van der Waals surface area contributed by atoms with Crippen LogP contribution < -0.4 is 10.5 Å². The fourth-order valence-corrected chi connectivity index (χ4v) is 4.14. The molecule has 2 heterocycles. The minimum absolute atomic E-state index is 0.0278. The van der Waals surface area contributed by atoms with Crippen LogP contribution in [0, 0.1) is 0 Å². The molecule has 1 saturated carbocycles. The first-order valence-corrected chi connectivity index (χ1v) is 10.3. The van der Waals surface area contributed by atoms with E-state index in [0.717, 1.165) is 18.9 Å². The van der Waals surface area contributed by atoms with Gasteiger partial charge in [0.05, 0.1) is 17.0 Å². The second-order valence-electron chi connectivity index (χ2n) is 6.90. The molecule has 1 aliphatic carbocycles. The minimum atomic E-state index is -4.55. The van der Waals surface area contributed by atoms with E-state index in [1.54, 1.807) is 0 Å². The van der Waals surface area contributed by atoms with Gasteiger partial charge in [-0.05, 0) is 37.1 Å². The number of sulfonamides is 1. The molecular weight excluding hydrogens is 413 g/mol. The highest BCUT2D eigenvalue weighted by molar-refractivity contribution is 7.89. The summed E-state index contributed by atoms with van der Waals surface area (Å²) in [7, 11) is -2.49. The number of hydrogen-bond acceptors (Lipinski definition) is 5. The molecule has 0 atom stereocenters. The van der Waals surface area contributed by atoms with Gasteiger partial charge in [-0.2, -0.15) is 18.3 Å². The molecule has 0 bridgehead atoms. The summed E-state index contributed by atoms with van der Waals surface area (Å²) < 4.78 is 73.6. The van der Waals surface area contributed by atoms with Gasteiger partial charge in [-0.25, -0.2) is 17.9 Å². The Hall–Kier alpha value is -2.60. The third kappa shape index (κ3) is 3.81. The molecular formula is C17H17F3N4O4S. The number of fused-ring (bicyclic) bond motifs is 1. The van der Waals surface area contributed by atoms with Crippen LogP contribution in [-0.4, -0.2) is 29.3 Å². The van der Waals surface area contributed by atoms with Crippen molar-refractivity contribution in [3.63, 3.8) is 0 Å². The first-order chi connectivity index (χ1) is 13.6. The number of halogens is 3. The van der Waals surface area contributed by atoms with Crippen molar-refractivity contribution >= 4 is 21.1 Å². The lowest BCUT2D eigenvalue weighted by Crippen LogP contribution is -2.28. The zero-order valence-corrected chi connectivity index (χ0v) is 16.0. The van der Waals surface area contributed by atoms with Crippen LogP contribution in [0.3, 0.4) is 0 Å². The van der Waals surface area contributed by atoms with Gasteiger partial charge in [0.1, 0.15) is 0 Å². The van der Waals surface area contributed by atoms with Crippen LogP contribution in [0.15, 0.2) is 38.4 Å². The highest BCUT2D eigenvalue weighted by atomic mass is 32.2. The van der Waals surface area contributed by atoms with E-state index >= 15 is 0 Å². The molecule has 29 heavy (non-hydrogen) atoms. The average molecular weight is 430 g/mol. The maximum atomic E-state index is 12.9. The predicted molar refractivity (Wildman–Crippen MR) is 95.8 cm³/mol. The maximum Gasteiger partial charge on any atom is 0.435 e. The summed E-state index contributed by atoms with van der Waals surface area (Å²) >= 11 is 0. The quantitative estimate of drug-likeness (QED) is 0.647. The summed E-state index contributed by atoms with van der Waals surface area (Å²) in [4.78, 5) is 11.5.